The maximum Gasteiger partial charge on any atom is 0.273 e. The zero-order chi connectivity index (χ0) is 16.8. The number of nitrogens with zero attached hydrogens (tertiary/aromatic N) is 2. The summed E-state index contributed by atoms with van der Waals surface area (Å²) in [7, 11) is 3.25. The molecule has 23 heavy (non-hydrogen) atoms. The molecular weight excluding hydrogens is 296 g/mol. The normalized spacial score (nSPS) is 10.2. The highest BCUT2D eigenvalue weighted by molar-refractivity contribution is 5.79. The highest BCUT2D eigenvalue weighted by Gasteiger charge is 2.18. The average Bonchev–Trinajstić information content (AvgIpc) is 2.55. The van der Waals surface area contributed by atoms with E-state index in [-0.39, 0.29) is 18.0 Å². The number of carbonyl (C=O) groups is 1. The quantitative estimate of drug-likeness (QED) is 0.607. The molecule has 0 unspecified atom stereocenters. The molecule has 1 amide bonds. The van der Waals surface area contributed by atoms with E-state index in [1.807, 2.05) is 24.3 Å². The molecule has 0 fully saturated rings. The summed E-state index contributed by atoms with van der Waals surface area (Å²) in [5.74, 6) is 0.517. The number of nitro groups is 1. The topological polar surface area (TPSA) is 72.7 Å². The van der Waals surface area contributed by atoms with Crippen molar-refractivity contribution in [2.75, 3.05) is 14.2 Å². The van der Waals surface area contributed by atoms with Crippen LogP contribution in [-0.2, 0) is 17.8 Å². The number of carbonyl (C=O) groups excluding carboxylic acids is 1. The number of ether oxygens (including phenoxy) is 1. The lowest BCUT2D eigenvalue weighted by molar-refractivity contribution is -0.385. The maximum atomic E-state index is 12.4. The van der Waals surface area contributed by atoms with Crippen molar-refractivity contribution in [1.82, 2.24) is 4.90 Å². The van der Waals surface area contributed by atoms with E-state index in [0.717, 1.165) is 5.56 Å². The SMILES string of the molecule is COc1ccccc1CN(C)C(=O)Cc1ccccc1[N+](=O)[O-]. The van der Waals surface area contributed by atoms with Crippen molar-refractivity contribution < 1.29 is 14.5 Å². The molecule has 0 aromatic heterocycles. The van der Waals surface area contributed by atoms with Gasteiger partial charge in [0, 0.05) is 30.8 Å². The summed E-state index contributed by atoms with van der Waals surface area (Å²) in [6.45, 7) is 0.378. The Labute approximate surface area is 134 Å². The van der Waals surface area contributed by atoms with Crippen molar-refractivity contribution in [1.29, 1.82) is 0 Å². The molecule has 0 N–H and O–H groups in total. The van der Waals surface area contributed by atoms with Gasteiger partial charge in [0.05, 0.1) is 18.5 Å². The Kier molecular flexibility index (Phi) is 5.30. The van der Waals surface area contributed by atoms with Crippen molar-refractivity contribution in [3.63, 3.8) is 0 Å². The van der Waals surface area contributed by atoms with Crippen LogP contribution in [0.1, 0.15) is 11.1 Å². The molecule has 2 aromatic carbocycles. The fraction of sp³-hybridized carbons (Fsp3) is 0.235. The van der Waals surface area contributed by atoms with Gasteiger partial charge in [-0.1, -0.05) is 36.4 Å². The molecule has 0 aliphatic carbocycles. The van der Waals surface area contributed by atoms with Gasteiger partial charge in [-0.05, 0) is 6.07 Å². The number of hydrogen-bond acceptors (Lipinski definition) is 4. The van der Waals surface area contributed by atoms with Crippen LogP contribution in [0.25, 0.3) is 0 Å². The third-order valence-electron chi connectivity index (χ3n) is 3.56. The molecular formula is C17H18N2O4. The van der Waals surface area contributed by atoms with E-state index in [1.54, 1.807) is 32.4 Å². The van der Waals surface area contributed by atoms with Crippen LogP contribution < -0.4 is 4.74 Å². The second-order valence-electron chi connectivity index (χ2n) is 5.12. The molecule has 0 aliphatic rings. The lowest BCUT2D eigenvalue weighted by Crippen LogP contribution is -2.28. The predicted molar refractivity (Wildman–Crippen MR) is 86.3 cm³/mol. The van der Waals surface area contributed by atoms with Crippen molar-refractivity contribution >= 4 is 11.6 Å². The minimum Gasteiger partial charge on any atom is -0.496 e. The van der Waals surface area contributed by atoms with E-state index >= 15 is 0 Å². The van der Waals surface area contributed by atoms with E-state index in [9.17, 15) is 14.9 Å². The largest absolute Gasteiger partial charge is 0.496 e. The monoisotopic (exact) mass is 314 g/mol. The Hall–Kier alpha value is -2.89. The Morgan fingerprint density at radius 1 is 1.13 bits per heavy atom. The first kappa shape index (κ1) is 16.5. The summed E-state index contributed by atoms with van der Waals surface area (Å²) >= 11 is 0. The van der Waals surface area contributed by atoms with E-state index < -0.39 is 4.92 Å². The Balaban J connectivity index is 2.10. The Bertz CT molecular complexity index is 715. The number of hydrogen-bond donors (Lipinski definition) is 0. The van der Waals surface area contributed by atoms with Crippen molar-refractivity contribution in [3.8, 4) is 5.75 Å². The first-order valence-electron chi connectivity index (χ1n) is 7.11. The van der Waals surface area contributed by atoms with Crippen LogP contribution >= 0.6 is 0 Å². The fourth-order valence-electron chi connectivity index (χ4n) is 2.31. The molecule has 0 bridgehead atoms. The molecule has 0 atom stereocenters. The first-order valence-corrected chi connectivity index (χ1v) is 7.11. The maximum absolute atomic E-state index is 12.4. The number of rotatable bonds is 6. The van der Waals surface area contributed by atoms with Gasteiger partial charge < -0.3 is 9.64 Å². The van der Waals surface area contributed by atoms with Gasteiger partial charge in [0.1, 0.15) is 5.75 Å². The van der Waals surface area contributed by atoms with Crippen LogP contribution in [0.15, 0.2) is 48.5 Å². The molecule has 0 spiro atoms. The summed E-state index contributed by atoms with van der Waals surface area (Å²) in [6.07, 6.45) is -0.0111. The summed E-state index contributed by atoms with van der Waals surface area (Å²) in [5, 5.41) is 11.0. The van der Waals surface area contributed by atoms with E-state index in [0.29, 0.717) is 17.9 Å². The van der Waals surface area contributed by atoms with Crippen LogP contribution in [0.2, 0.25) is 0 Å². The first-order chi connectivity index (χ1) is 11.0. The third-order valence-corrected chi connectivity index (χ3v) is 3.56. The lowest BCUT2D eigenvalue weighted by Gasteiger charge is -2.19. The fourth-order valence-corrected chi connectivity index (χ4v) is 2.31. The average molecular weight is 314 g/mol. The van der Waals surface area contributed by atoms with Gasteiger partial charge >= 0.3 is 0 Å². The summed E-state index contributed by atoms with van der Waals surface area (Å²) in [4.78, 5) is 24.4. The molecule has 6 nitrogen and oxygen atoms in total. The second-order valence-corrected chi connectivity index (χ2v) is 5.12. The van der Waals surface area contributed by atoms with Crippen LogP contribution in [0.5, 0.6) is 5.75 Å². The smallest absolute Gasteiger partial charge is 0.273 e. The molecule has 2 rings (SSSR count). The number of amides is 1. The van der Waals surface area contributed by atoms with E-state index in [2.05, 4.69) is 0 Å². The molecule has 0 aliphatic heterocycles. The minimum absolute atomic E-state index is 0.0111. The zero-order valence-corrected chi connectivity index (χ0v) is 13.1. The lowest BCUT2D eigenvalue weighted by atomic mass is 10.1. The van der Waals surface area contributed by atoms with Crippen LogP contribution in [0.4, 0.5) is 5.69 Å². The number of benzene rings is 2. The molecule has 0 saturated heterocycles. The zero-order valence-electron chi connectivity index (χ0n) is 13.1. The molecule has 0 radical (unpaired) electrons. The summed E-state index contributed by atoms with van der Waals surface area (Å²) in [6, 6.07) is 13.7. The molecule has 120 valence electrons. The van der Waals surface area contributed by atoms with Gasteiger partial charge in [0.2, 0.25) is 5.91 Å². The van der Waals surface area contributed by atoms with Crippen LogP contribution in [-0.4, -0.2) is 29.9 Å². The van der Waals surface area contributed by atoms with E-state index in [4.69, 9.17) is 4.74 Å². The van der Waals surface area contributed by atoms with E-state index in [1.165, 1.54) is 11.0 Å². The Morgan fingerprint density at radius 2 is 1.74 bits per heavy atom. The van der Waals surface area contributed by atoms with Crippen molar-refractivity contribution in [2.45, 2.75) is 13.0 Å². The minimum atomic E-state index is -0.469. The summed E-state index contributed by atoms with van der Waals surface area (Å²) in [5.41, 5.74) is 1.26. The van der Waals surface area contributed by atoms with Crippen LogP contribution in [0.3, 0.4) is 0 Å². The van der Waals surface area contributed by atoms with Gasteiger partial charge in [-0.25, -0.2) is 0 Å². The number of likely N-dealkylation sites (N-methyl/N-ethyl adjacent to an activating group) is 1. The van der Waals surface area contributed by atoms with Crippen molar-refractivity contribution in [3.05, 3.63) is 69.8 Å². The predicted octanol–water partition coefficient (Wildman–Crippen LogP) is 2.80. The second kappa shape index (κ2) is 7.40. The number of para-hydroxylation sites is 2. The summed E-state index contributed by atoms with van der Waals surface area (Å²) < 4.78 is 5.27. The van der Waals surface area contributed by atoms with Gasteiger partial charge in [-0.3, -0.25) is 14.9 Å². The highest BCUT2D eigenvalue weighted by atomic mass is 16.6. The van der Waals surface area contributed by atoms with Crippen molar-refractivity contribution in [2.24, 2.45) is 0 Å². The molecule has 6 heteroatoms. The molecule has 0 heterocycles. The number of nitro benzene ring substituents is 1. The standard InChI is InChI=1S/C17H18N2O4/c1-18(12-14-8-4-6-10-16(14)23-2)17(20)11-13-7-3-5-9-15(13)19(21)22/h3-10H,11-12H2,1-2H3. The molecule has 2 aromatic rings. The number of methoxy groups -OCH3 is 1. The van der Waals surface area contributed by atoms with Gasteiger partial charge in [0.15, 0.2) is 0 Å². The van der Waals surface area contributed by atoms with Gasteiger partial charge in [0.25, 0.3) is 5.69 Å². The van der Waals surface area contributed by atoms with Gasteiger partial charge in [-0.2, -0.15) is 0 Å². The third kappa shape index (κ3) is 4.06. The molecule has 0 saturated carbocycles. The van der Waals surface area contributed by atoms with Crippen LogP contribution in [0, 0.1) is 10.1 Å². The highest BCUT2D eigenvalue weighted by Crippen LogP contribution is 2.21. The Morgan fingerprint density at radius 3 is 2.39 bits per heavy atom. The van der Waals surface area contributed by atoms with Gasteiger partial charge in [-0.15, -0.1) is 0 Å².